The fourth-order valence-electron chi connectivity index (χ4n) is 2.04. The fourth-order valence-corrected chi connectivity index (χ4v) is 2.04. The molecule has 2 aromatic carbocycles. The molecule has 1 atom stereocenters. The quantitative estimate of drug-likeness (QED) is 0.792. The van der Waals surface area contributed by atoms with Crippen LogP contribution < -0.4 is 9.64 Å². The monoisotopic (exact) mass is 315 g/mol. The maximum atomic E-state index is 12.5. The lowest BCUT2D eigenvalue weighted by Gasteiger charge is -2.13. The van der Waals surface area contributed by atoms with Gasteiger partial charge in [0.15, 0.2) is 0 Å². The SMILES string of the molecule is CN(C)c1ccc(/C=C/c2ccc(OC(CO)CF)cc2)cc1. The third-order valence-electron chi connectivity index (χ3n) is 3.44. The number of hydrogen-bond acceptors (Lipinski definition) is 3. The lowest BCUT2D eigenvalue weighted by Crippen LogP contribution is -2.23. The van der Waals surface area contributed by atoms with Crippen LogP contribution in [0.15, 0.2) is 48.5 Å². The number of hydrogen-bond donors (Lipinski definition) is 1. The van der Waals surface area contributed by atoms with Gasteiger partial charge >= 0.3 is 0 Å². The van der Waals surface area contributed by atoms with E-state index < -0.39 is 12.8 Å². The number of aliphatic hydroxyl groups excluding tert-OH is 1. The van der Waals surface area contributed by atoms with Crippen LogP contribution in [0.3, 0.4) is 0 Å². The Hall–Kier alpha value is -2.33. The van der Waals surface area contributed by atoms with E-state index in [1.807, 2.05) is 38.4 Å². The minimum Gasteiger partial charge on any atom is -0.485 e. The molecule has 0 bridgehead atoms. The van der Waals surface area contributed by atoms with Gasteiger partial charge in [0.05, 0.1) is 6.61 Å². The summed E-state index contributed by atoms with van der Waals surface area (Å²) in [7, 11) is 4.03. The summed E-state index contributed by atoms with van der Waals surface area (Å²) >= 11 is 0. The molecule has 0 saturated carbocycles. The second-order valence-electron chi connectivity index (χ2n) is 5.47. The molecule has 2 rings (SSSR count). The standard InChI is InChI=1S/C19H22FNO2/c1-21(2)17-9-5-15(6-10-17)3-4-16-7-11-18(12-8-16)23-19(13-20)14-22/h3-12,19,22H,13-14H2,1-2H3/b4-3+. The van der Waals surface area contributed by atoms with E-state index in [0.717, 1.165) is 16.8 Å². The number of halogens is 1. The van der Waals surface area contributed by atoms with Crippen LogP contribution in [-0.4, -0.2) is 38.6 Å². The Morgan fingerprint density at radius 3 is 1.96 bits per heavy atom. The summed E-state index contributed by atoms with van der Waals surface area (Å²) in [6.07, 6.45) is 3.24. The molecule has 1 N–H and O–H groups in total. The lowest BCUT2D eigenvalue weighted by atomic mass is 10.1. The molecule has 3 nitrogen and oxygen atoms in total. The van der Waals surface area contributed by atoms with Gasteiger partial charge in [-0.15, -0.1) is 0 Å². The first-order chi connectivity index (χ1) is 11.1. The van der Waals surface area contributed by atoms with E-state index in [1.165, 1.54) is 0 Å². The highest BCUT2D eigenvalue weighted by Gasteiger charge is 2.07. The Kier molecular flexibility index (Phi) is 6.18. The first-order valence-corrected chi connectivity index (χ1v) is 7.51. The number of alkyl halides is 1. The van der Waals surface area contributed by atoms with Gasteiger partial charge in [-0.1, -0.05) is 36.4 Å². The number of nitrogens with zero attached hydrogens (tertiary/aromatic N) is 1. The van der Waals surface area contributed by atoms with Crippen LogP contribution in [0.2, 0.25) is 0 Å². The summed E-state index contributed by atoms with van der Waals surface area (Å²) in [6.45, 7) is -1.04. The topological polar surface area (TPSA) is 32.7 Å². The van der Waals surface area contributed by atoms with Crippen molar-refractivity contribution in [1.29, 1.82) is 0 Å². The first kappa shape index (κ1) is 17.0. The molecule has 0 heterocycles. The van der Waals surface area contributed by atoms with E-state index >= 15 is 0 Å². The Morgan fingerprint density at radius 1 is 1.00 bits per heavy atom. The van der Waals surface area contributed by atoms with Crippen molar-refractivity contribution >= 4 is 17.8 Å². The van der Waals surface area contributed by atoms with Crippen LogP contribution >= 0.6 is 0 Å². The lowest BCUT2D eigenvalue weighted by molar-refractivity contribution is 0.0931. The number of anilines is 1. The number of aliphatic hydroxyl groups is 1. The molecular formula is C19H22FNO2. The molecule has 0 saturated heterocycles. The average Bonchev–Trinajstić information content (AvgIpc) is 2.59. The molecule has 4 heteroatoms. The maximum absolute atomic E-state index is 12.5. The summed E-state index contributed by atoms with van der Waals surface area (Å²) < 4.78 is 17.8. The molecule has 2 aromatic rings. The Labute approximate surface area is 136 Å². The third kappa shape index (κ3) is 5.11. The minimum absolute atomic E-state index is 0.332. The van der Waals surface area contributed by atoms with Crippen LogP contribution in [0.25, 0.3) is 12.2 Å². The second-order valence-corrected chi connectivity index (χ2v) is 5.47. The van der Waals surface area contributed by atoms with Crippen molar-refractivity contribution in [2.45, 2.75) is 6.10 Å². The summed E-state index contributed by atoms with van der Waals surface area (Å²) in [4.78, 5) is 2.06. The molecular weight excluding hydrogens is 293 g/mol. The van der Waals surface area contributed by atoms with Gasteiger partial charge in [-0.05, 0) is 35.4 Å². The third-order valence-corrected chi connectivity index (χ3v) is 3.44. The molecule has 122 valence electrons. The molecule has 0 aliphatic carbocycles. The molecule has 0 spiro atoms. The number of benzene rings is 2. The predicted octanol–water partition coefficient (Wildman–Crippen LogP) is 3.63. The molecule has 1 unspecified atom stereocenters. The Bertz CT molecular complexity index is 617. The summed E-state index contributed by atoms with van der Waals surface area (Å²) in [5.41, 5.74) is 3.30. The number of rotatable bonds is 7. The second kappa shape index (κ2) is 8.34. The summed E-state index contributed by atoms with van der Waals surface area (Å²) in [5.74, 6) is 0.550. The maximum Gasteiger partial charge on any atom is 0.150 e. The van der Waals surface area contributed by atoms with E-state index in [4.69, 9.17) is 9.84 Å². The molecule has 0 aliphatic rings. The van der Waals surface area contributed by atoms with Gasteiger partial charge in [0, 0.05) is 19.8 Å². The molecule has 0 aromatic heterocycles. The van der Waals surface area contributed by atoms with E-state index in [-0.39, 0.29) is 6.61 Å². The normalized spacial score (nSPS) is 12.3. The van der Waals surface area contributed by atoms with Crippen molar-refractivity contribution in [2.24, 2.45) is 0 Å². The van der Waals surface area contributed by atoms with Crippen molar-refractivity contribution in [3.05, 3.63) is 59.7 Å². The van der Waals surface area contributed by atoms with Crippen LogP contribution in [0.1, 0.15) is 11.1 Å². The summed E-state index contributed by atoms with van der Waals surface area (Å²) in [5, 5.41) is 8.93. The van der Waals surface area contributed by atoms with Gasteiger partial charge in [0.1, 0.15) is 18.5 Å². The van der Waals surface area contributed by atoms with Crippen LogP contribution in [0, 0.1) is 0 Å². The zero-order chi connectivity index (χ0) is 16.7. The van der Waals surface area contributed by atoms with Gasteiger partial charge in [-0.3, -0.25) is 0 Å². The van der Waals surface area contributed by atoms with Gasteiger partial charge < -0.3 is 14.7 Å². The van der Waals surface area contributed by atoms with E-state index in [9.17, 15) is 4.39 Å². The van der Waals surface area contributed by atoms with Gasteiger partial charge in [-0.2, -0.15) is 0 Å². The van der Waals surface area contributed by atoms with Crippen LogP contribution in [0.5, 0.6) is 5.75 Å². The van der Waals surface area contributed by atoms with Crippen molar-refractivity contribution in [1.82, 2.24) is 0 Å². The molecule has 23 heavy (non-hydrogen) atoms. The first-order valence-electron chi connectivity index (χ1n) is 7.51. The van der Waals surface area contributed by atoms with E-state index in [2.05, 4.69) is 29.2 Å². The van der Waals surface area contributed by atoms with E-state index in [0.29, 0.717) is 5.75 Å². The highest BCUT2D eigenvalue weighted by molar-refractivity contribution is 5.70. The van der Waals surface area contributed by atoms with Crippen molar-refractivity contribution in [3.63, 3.8) is 0 Å². The molecule has 0 radical (unpaired) electrons. The van der Waals surface area contributed by atoms with Crippen molar-refractivity contribution in [2.75, 3.05) is 32.3 Å². The van der Waals surface area contributed by atoms with Crippen molar-refractivity contribution in [3.8, 4) is 5.75 Å². The Morgan fingerprint density at radius 2 is 1.52 bits per heavy atom. The zero-order valence-electron chi connectivity index (χ0n) is 13.4. The van der Waals surface area contributed by atoms with E-state index in [1.54, 1.807) is 12.1 Å². The fraction of sp³-hybridized carbons (Fsp3) is 0.263. The Balaban J connectivity index is 1.99. The average molecular weight is 315 g/mol. The molecule has 0 fully saturated rings. The zero-order valence-corrected chi connectivity index (χ0v) is 13.4. The van der Waals surface area contributed by atoms with Crippen LogP contribution in [0.4, 0.5) is 10.1 Å². The highest BCUT2D eigenvalue weighted by atomic mass is 19.1. The largest absolute Gasteiger partial charge is 0.485 e. The summed E-state index contributed by atoms with van der Waals surface area (Å²) in [6, 6.07) is 15.6. The number of ether oxygens (including phenoxy) is 1. The molecule has 0 amide bonds. The van der Waals surface area contributed by atoms with Gasteiger partial charge in [0.25, 0.3) is 0 Å². The van der Waals surface area contributed by atoms with Crippen LogP contribution in [-0.2, 0) is 0 Å². The highest BCUT2D eigenvalue weighted by Crippen LogP contribution is 2.17. The predicted molar refractivity (Wildman–Crippen MR) is 93.6 cm³/mol. The van der Waals surface area contributed by atoms with Gasteiger partial charge in [-0.25, -0.2) is 4.39 Å². The minimum atomic E-state index is -0.799. The van der Waals surface area contributed by atoms with Crippen molar-refractivity contribution < 1.29 is 14.2 Å². The smallest absolute Gasteiger partial charge is 0.150 e. The molecule has 0 aliphatic heterocycles. The van der Waals surface area contributed by atoms with Gasteiger partial charge in [0.2, 0.25) is 0 Å².